The van der Waals surface area contributed by atoms with Gasteiger partial charge in [0.1, 0.15) is 12.4 Å². The summed E-state index contributed by atoms with van der Waals surface area (Å²) in [7, 11) is 0. The third-order valence-corrected chi connectivity index (χ3v) is 4.14. The molecule has 23 heavy (non-hydrogen) atoms. The van der Waals surface area contributed by atoms with Gasteiger partial charge < -0.3 is 15.6 Å². The summed E-state index contributed by atoms with van der Waals surface area (Å²) in [6.45, 7) is 8.18. The molecule has 6 nitrogen and oxygen atoms in total. The summed E-state index contributed by atoms with van der Waals surface area (Å²) in [5.41, 5.74) is 5.98. The molecule has 1 aromatic heterocycles. The molecule has 1 aromatic rings. The van der Waals surface area contributed by atoms with E-state index in [1.165, 1.54) is 25.7 Å². The van der Waals surface area contributed by atoms with E-state index < -0.39 is 0 Å². The second-order valence-corrected chi connectivity index (χ2v) is 6.71. The highest BCUT2D eigenvalue weighted by Gasteiger charge is 2.15. The maximum absolute atomic E-state index is 5.98. The first-order valence-electron chi connectivity index (χ1n) is 8.53. The number of rotatable bonds is 7. The summed E-state index contributed by atoms with van der Waals surface area (Å²) in [4.78, 5) is 4.42. The summed E-state index contributed by atoms with van der Waals surface area (Å²) in [5, 5.41) is 11.7. The number of hydrogen-bond donors (Lipinski definition) is 2. The molecule has 0 bridgehead atoms. The summed E-state index contributed by atoms with van der Waals surface area (Å²) in [5.74, 6) is 3.28. The number of aryl methyl sites for hydroxylation is 1. The molecule has 1 unspecified atom stereocenters. The number of nitrogens with one attached hydrogen (secondary N) is 1. The van der Waals surface area contributed by atoms with Gasteiger partial charge in [-0.2, -0.15) is 0 Å². The first-order valence-corrected chi connectivity index (χ1v) is 8.53. The van der Waals surface area contributed by atoms with Crippen LogP contribution in [-0.2, 0) is 19.5 Å². The molecule has 132 valence electrons. The zero-order valence-electron chi connectivity index (χ0n) is 14.6. The highest BCUT2D eigenvalue weighted by atomic mass is 127. The van der Waals surface area contributed by atoms with Crippen LogP contribution < -0.4 is 11.1 Å². The minimum atomic E-state index is 0. The molecule has 0 aliphatic carbocycles. The van der Waals surface area contributed by atoms with Crippen molar-refractivity contribution < 1.29 is 0 Å². The van der Waals surface area contributed by atoms with Crippen LogP contribution in [0.25, 0.3) is 0 Å². The number of nitrogens with zero attached hydrogens (tertiary/aromatic N) is 4. The molecule has 1 atom stereocenters. The van der Waals surface area contributed by atoms with Crippen molar-refractivity contribution in [3.63, 3.8) is 0 Å². The second-order valence-electron chi connectivity index (χ2n) is 6.71. The molecule has 0 saturated heterocycles. The Bertz CT molecular complexity index is 497. The maximum atomic E-state index is 5.98. The number of aromatic nitrogens is 3. The number of aliphatic imine (C=N–C) groups is 1. The van der Waals surface area contributed by atoms with E-state index in [0.29, 0.717) is 18.5 Å². The number of hydrogen-bond acceptors (Lipinski definition) is 3. The second kappa shape index (κ2) is 10.1. The van der Waals surface area contributed by atoms with Gasteiger partial charge in [-0.15, -0.1) is 34.2 Å². The molecule has 2 heterocycles. The summed E-state index contributed by atoms with van der Waals surface area (Å²) < 4.78 is 2.19. The van der Waals surface area contributed by atoms with Gasteiger partial charge in [0.15, 0.2) is 11.8 Å². The summed E-state index contributed by atoms with van der Waals surface area (Å²) in [6, 6.07) is 0.356. The lowest BCUT2D eigenvalue weighted by Gasteiger charge is -2.16. The van der Waals surface area contributed by atoms with Crippen molar-refractivity contribution >= 4 is 29.9 Å². The molecule has 0 fully saturated rings. The van der Waals surface area contributed by atoms with Gasteiger partial charge in [-0.25, -0.2) is 4.99 Å². The first kappa shape index (κ1) is 20.2. The lowest BCUT2D eigenvalue weighted by molar-refractivity contribution is 0.492. The fourth-order valence-corrected chi connectivity index (χ4v) is 2.84. The van der Waals surface area contributed by atoms with Gasteiger partial charge in [0.25, 0.3) is 0 Å². The summed E-state index contributed by atoms with van der Waals surface area (Å²) in [6.07, 6.45) is 7.03. The molecule has 0 spiro atoms. The van der Waals surface area contributed by atoms with E-state index in [-0.39, 0.29) is 24.0 Å². The van der Waals surface area contributed by atoms with Crippen LogP contribution >= 0.6 is 24.0 Å². The van der Waals surface area contributed by atoms with Crippen molar-refractivity contribution in [2.75, 3.05) is 0 Å². The normalized spacial score (nSPS) is 15.9. The zero-order valence-corrected chi connectivity index (χ0v) is 16.9. The molecule has 0 saturated carbocycles. The van der Waals surface area contributed by atoms with Crippen LogP contribution in [0.15, 0.2) is 4.99 Å². The SMILES string of the molecule is CC(C)CCCC(C)NC(N)=NCc1nnc2n1CCCC2.I. The van der Waals surface area contributed by atoms with E-state index in [2.05, 4.69) is 45.8 Å². The number of nitrogens with two attached hydrogens (primary N) is 1. The van der Waals surface area contributed by atoms with Crippen LogP contribution in [0.4, 0.5) is 0 Å². The lowest BCUT2D eigenvalue weighted by atomic mass is 10.0. The largest absolute Gasteiger partial charge is 0.370 e. The predicted octanol–water partition coefficient (Wildman–Crippen LogP) is 2.85. The number of halogens is 1. The van der Waals surface area contributed by atoms with Crippen molar-refractivity contribution in [1.29, 1.82) is 0 Å². The van der Waals surface area contributed by atoms with E-state index in [1.54, 1.807) is 0 Å². The van der Waals surface area contributed by atoms with E-state index in [4.69, 9.17) is 5.73 Å². The number of fused-ring (bicyclic) bond motifs is 1. The highest BCUT2D eigenvalue weighted by Crippen LogP contribution is 2.14. The molecule has 2 rings (SSSR count). The van der Waals surface area contributed by atoms with Gasteiger partial charge in [0.2, 0.25) is 0 Å². The van der Waals surface area contributed by atoms with Gasteiger partial charge in [-0.1, -0.05) is 26.7 Å². The quantitative estimate of drug-likeness (QED) is 0.393. The van der Waals surface area contributed by atoms with Crippen LogP contribution in [0.2, 0.25) is 0 Å². The third-order valence-electron chi connectivity index (χ3n) is 4.14. The van der Waals surface area contributed by atoms with Gasteiger partial charge in [0.05, 0.1) is 0 Å². The monoisotopic (exact) mass is 434 g/mol. The molecule has 1 aliphatic rings. The Balaban J connectivity index is 0.00000264. The average molecular weight is 434 g/mol. The van der Waals surface area contributed by atoms with Crippen LogP contribution in [0.5, 0.6) is 0 Å². The van der Waals surface area contributed by atoms with Crippen molar-refractivity contribution in [1.82, 2.24) is 20.1 Å². The molecule has 0 aromatic carbocycles. The van der Waals surface area contributed by atoms with Crippen LogP contribution in [0.1, 0.15) is 64.5 Å². The van der Waals surface area contributed by atoms with Crippen molar-refractivity contribution in [3.05, 3.63) is 11.6 Å². The smallest absolute Gasteiger partial charge is 0.189 e. The topological polar surface area (TPSA) is 81.1 Å². The van der Waals surface area contributed by atoms with Crippen molar-refractivity contribution in [3.8, 4) is 0 Å². The van der Waals surface area contributed by atoms with Crippen molar-refractivity contribution in [2.24, 2.45) is 16.6 Å². The fourth-order valence-electron chi connectivity index (χ4n) is 2.84. The van der Waals surface area contributed by atoms with Gasteiger partial charge in [-0.05, 0) is 32.1 Å². The molecule has 1 aliphatic heterocycles. The van der Waals surface area contributed by atoms with E-state index in [1.807, 2.05) is 0 Å². The maximum Gasteiger partial charge on any atom is 0.189 e. The minimum Gasteiger partial charge on any atom is -0.370 e. The van der Waals surface area contributed by atoms with E-state index in [0.717, 1.165) is 37.0 Å². The third kappa shape index (κ3) is 6.64. The molecule has 3 N–H and O–H groups in total. The van der Waals surface area contributed by atoms with Crippen molar-refractivity contribution in [2.45, 2.75) is 78.4 Å². The highest BCUT2D eigenvalue weighted by molar-refractivity contribution is 14.0. The Hall–Kier alpha value is -0.860. The van der Waals surface area contributed by atoms with Gasteiger partial charge in [0, 0.05) is 19.0 Å². The standard InChI is InChI=1S/C16H30N6.HI/c1-12(2)7-6-8-13(3)19-16(17)18-11-15-21-20-14-9-4-5-10-22(14)15;/h12-13H,4-11H2,1-3H3,(H3,17,18,19);1H. The molecule has 0 amide bonds. The molecular weight excluding hydrogens is 403 g/mol. The minimum absolute atomic E-state index is 0. The lowest BCUT2D eigenvalue weighted by Crippen LogP contribution is -2.38. The van der Waals surface area contributed by atoms with E-state index in [9.17, 15) is 0 Å². The molecule has 0 radical (unpaired) electrons. The number of guanidine groups is 1. The van der Waals surface area contributed by atoms with Gasteiger partial charge in [-0.3, -0.25) is 0 Å². The van der Waals surface area contributed by atoms with Crippen LogP contribution in [0, 0.1) is 5.92 Å². The van der Waals surface area contributed by atoms with Gasteiger partial charge >= 0.3 is 0 Å². The molecule has 7 heteroatoms. The Morgan fingerprint density at radius 2 is 2.04 bits per heavy atom. The van der Waals surface area contributed by atoms with Crippen LogP contribution in [-0.4, -0.2) is 26.8 Å². The van der Waals surface area contributed by atoms with Crippen LogP contribution in [0.3, 0.4) is 0 Å². The average Bonchev–Trinajstić information content (AvgIpc) is 2.88. The Morgan fingerprint density at radius 3 is 2.78 bits per heavy atom. The van der Waals surface area contributed by atoms with E-state index >= 15 is 0 Å². The molecular formula is C16H31IN6. The Morgan fingerprint density at radius 1 is 1.26 bits per heavy atom. The Kier molecular flexibility index (Phi) is 8.86. The summed E-state index contributed by atoms with van der Waals surface area (Å²) >= 11 is 0. The predicted molar refractivity (Wildman–Crippen MR) is 105 cm³/mol. The fraction of sp³-hybridized carbons (Fsp3) is 0.812. The zero-order chi connectivity index (χ0) is 15.9. The Labute approximate surface area is 156 Å². The first-order chi connectivity index (χ1) is 10.6.